The highest BCUT2D eigenvalue weighted by Gasteiger charge is 2.16. The molecule has 0 N–H and O–H groups in total. The van der Waals surface area contributed by atoms with E-state index in [2.05, 4.69) is 27.6 Å². The summed E-state index contributed by atoms with van der Waals surface area (Å²) >= 11 is 3.50. The standard InChI is InChI=1S/C26H18BrN3O3/c1-2-13-32-23-12-11-17(14-20(23)27)16-28-30-25(24-15-18-7-3-6-10-22(18)33-24)29-21-9-5-4-8-19(21)26(30)31/h2-12,14-16H,1,13H2. The van der Waals surface area contributed by atoms with Crippen LogP contribution in [-0.2, 0) is 0 Å². The van der Waals surface area contributed by atoms with Crippen LogP contribution in [0.1, 0.15) is 5.56 Å². The zero-order valence-corrected chi connectivity index (χ0v) is 19.0. The molecule has 162 valence electrons. The van der Waals surface area contributed by atoms with Crippen LogP contribution in [0.2, 0.25) is 0 Å². The monoisotopic (exact) mass is 499 g/mol. The van der Waals surface area contributed by atoms with Gasteiger partial charge in [-0.05, 0) is 64.0 Å². The molecular weight excluding hydrogens is 482 g/mol. The highest BCUT2D eigenvalue weighted by Crippen LogP contribution is 2.28. The lowest BCUT2D eigenvalue weighted by atomic mass is 10.2. The van der Waals surface area contributed by atoms with Gasteiger partial charge in [0, 0.05) is 5.39 Å². The fraction of sp³-hybridized carbons (Fsp3) is 0.0385. The fourth-order valence-corrected chi connectivity index (χ4v) is 3.98. The number of halogens is 1. The molecule has 2 aromatic heterocycles. The largest absolute Gasteiger partial charge is 0.488 e. The first-order chi connectivity index (χ1) is 16.1. The maximum Gasteiger partial charge on any atom is 0.282 e. The molecule has 33 heavy (non-hydrogen) atoms. The summed E-state index contributed by atoms with van der Waals surface area (Å²) in [7, 11) is 0. The van der Waals surface area contributed by atoms with Crippen LogP contribution in [0, 0.1) is 0 Å². The highest BCUT2D eigenvalue weighted by molar-refractivity contribution is 9.10. The number of aromatic nitrogens is 2. The molecule has 0 aliphatic rings. The van der Waals surface area contributed by atoms with Crippen LogP contribution in [0.25, 0.3) is 33.5 Å². The summed E-state index contributed by atoms with van der Waals surface area (Å²) < 4.78 is 13.6. The van der Waals surface area contributed by atoms with Crippen molar-refractivity contribution in [2.24, 2.45) is 5.10 Å². The zero-order chi connectivity index (χ0) is 22.8. The minimum Gasteiger partial charge on any atom is -0.488 e. The molecule has 7 heteroatoms. The number of hydrogen-bond acceptors (Lipinski definition) is 5. The number of rotatable bonds is 6. The van der Waals surface area contributed by atoms with Crippen LogP contribution >= 0.6 is 15.9 Å². The van der Waals surface area contributed by atoms with Gasteiger partial charge in [-0.3, -0.25) is 4.79 Å². The Bertz CT molecular complexity index is 1550. The predicted molar refractivity (Wildman–Crippen MR) is 134 cm³/mol. The average Bonchev–Trinajstić information content (AvgIpc) is 3.27. The average molecular weight is 500 g/mol. The van der Waals surface area contributed by atoms with Gasteiger partial charge in [-0.25, -0.2) is 4.98 Å². The summed E-state index contributed by atoms with van der Waals surface area (Å²) in [4.78, 5) is 18.0. The van der Waals surface area contributed by atoms with E-state index >= 15 is 0 Å². The molecule has 0 saturated heterocycles. The second-order valence-electron chi connectivity index (χ2n) is 7.25. The van der Waals surface area contributed by atoms with Crippen LogP contribution in [0.15, 0.2) is 104 Å². The molecule has 0 spiro atoms. The molecule has 2 heterocycles. The van der Waals surface area contributed by atoms with Crippen molar-refractivity contribution in [3.8, 4) is 17.3 Å². The Balaban J connectivity index is 1.63. The molecule has 0 atom stereocenters. The van der Waals surface area contributed by atoms with Gasteiger partial charge in [-0.2, -0.15) is 9.78 Å². The quantitative estimate of drug-likeness (QED) is 0.211. The Kier molecular flexibility index (Phi) is 5.62. The van der Waals surface area contributed by atoms with Gasteiger partial charge < -0.3 is 9.15 Å². The van der Waals surface area contributed by atoms with Gasteiger partial charge in [0.15, 0.2) is 5.76 Å². The van der Waals surface area contributed by atoms with Gasteiger partial charge in [0.2, 0.25) is 5.82 Å². The summed E-state index contributed by atoms with van der Waals surface area (Å²) in [6.07, 6.45) is 3.28. The lowest BCUT2D eigenvalue weighted by Crippen LogP contribution is -2.20. The van der Waals surface area contributed by atoms with E-state index in [9.17, 15) is 4.79 Å². The van der Waals surface area contributed by atoms with Crippen molar-refractivity contribution < 1.29 is 9.15 Å². The number of furan rings is 1. The molecule has 3 aromatic carbocycles. The molecule has 0 bridgehead atoms. The third-order valence-corrected chi connectivity index (χ3v) is 5.65. The Hall–Kier alpha value is -3.97. The summed E-state index contributed by atoms with van der Waals surface area (Å²) in [6, 6.07) is 22.2. The van der Waals surface area contributed by atoms with E-state index in [0.717, 1.165) is 15.4 Å². The molecule has 0 amide bonds. The first-order valence-electron chi connectivity index (χ1n) is 10.2. The van der Waals surface area contributed by atoms with E-state index in [-0.39, 0.29) is 5.56 Å². The number of nitrogens with zero attached hydrogens (tertiary/aromatic N) is 3. The molecule has 5 rings (SSSR count). The molecule has 5 aromatic rings. The summed E-state index contributed by atoms with van der Waals surface area (Å²) in [5, 5.41) is 5.88. The van der Waals surface area contributed by atoms with E-state index in [0.29, 0.717) is 40.4 Å². The van der Waals surface area contributed by atoms with Gasteiger partial charge in [-0.15, -0.1) is 0 Å². The van der Waals surface area contributed by atoms with Gasteiger partial charge in [-0.1, -0.05) is 43.0 Å². The summed E-state index contributed by atoms with van der Waals surface area (Å²) in [5.74, 6) is 1.49. The van der Waals surface area contributed by atoms with Crippen LogP contribution in [0.3, 0.4) is 0 Å². The first-order valence-corrected chi connectivity index (χ1v) is 11.0. The molecule has 0 aliphatic carbocycles. The van der Waals surface area contributed by atoms with Crippen LogP contribution in [-0.4, -0.2) is 22.5 Å². The normalized spacial score (nSPS) is 11.4. The van der Waals surface area contributed by atoms with Crippen LogP contribution in [0.4, 0.5) is 0 Å². The van der Waals surface area contributed by atoms with Crippen LogP contribution < -0.4 is 10.3 Å². The molecule has 0 unspecified atom stereocenters. The Morgan fingerprint density at radius 1 is 1.09 bits per heavy atom. The smallest absolute Gasteiger partial charge is 0.282 e. The van der Waals surface area contributed by atoms with Crippen molar-refractivity contribution in [2.75, 3.05) is 6.61 Å². The molecule has 0 fully saturated rings. The molecular formula is C26H18BrN3O3. The number of ether oxygens (including phenoxy) is 1. The first kappa shape index (κ1) is 20.9. The SMILES string of the molecule is C=CCOc1ccc(C=Nn2c(-c3cc4ccccc4o3)nc3ccccc3c2=O)cc1Br. The lowest BCUT2D eigenvalue weighted by Gasteiger charge is -2.08. The zero-order valence-electron chi connectivity index (χ0n) is 17.4. The fourth-order valence-electron chi connectivity index (χ4n) is 3.47. The Morgan fingerprint density at radius 3 is 2.73 bits per heavy atom. The number of hydrogen-bond donors (Lipinski definition) is 0. The minimum absolute atomic E-state index is 0.280. The van der Waals surface area contributed by atoms with E-state index < -0.39 is 0 Å². The lowest BCUT2D eigenvalue weighted by molar-refractivity contribution is 0.361. The second-order valence-corrected chi connectivity index (χ2v) is 8.11. The van der Waals surface area contributed by atoms with Crippen molar-refractivity contribution in [2.45, 2.75) is 0 Å². The number of para-hydroxylation sites is 2. The number of fused-ring (bicyclic) bond motifs is 2. The Labute approximate surface area is 197 Å². The van der Waals surface area contributed by atoms with Gasteiger partial charge in [0.1, 0.15) is 17.9 Å². The van der Waals surface area contributed by atoms with Crippen molar-refractivity contribution in [1.82, 2.24) is 9.66 Å². The maximum atomic E-state index is 13.3. The predicted octanol–water partition coefficient (Wildman–Crippen LogP) is 6.02. The molecule has 0 saturated carbocycles. The molecule has 0 aliphatic heterocycles. The Morgan fingerprint density at radius 2 is 1.91 bits per heavy atom. The molecule has 6 nitrogen and oxygen atoms in total. The van der Waals surface area contributed by atoms with E-state index in [1.54, 1.807) is 30.5 Å². The van der Waals surface area contributed by atoms with E-state index in [1.807, 2.05) is 54.6 Å². The van der Waals surface area contributed by atoms with Gasteiger partial charge in [0.05, 0.1) is 21.6 Å². The van der Waals surface area contributed by atoms with Crippen molar-refractivity contribution >= 4 is 44.0 Å². The van der Waals surface area contributed by atoms with Gasteiger partial charge in [0.25, 0.3) is 5.56 Å². The molecule has 0 radical (unpaired) electrons. The second kappa shape index (κ2) is 8.88. The third kappa shape index (κ3) is 4.10. The maximum absolute atomic E-state index is 13.3. The summed E-state index contributed by atoms with van der Waals surface area (Å²) in [6.45, 7) is 4.06. The van der Waals surface area contributed by atoms with E-state index in [1.165, 1.54) is 4.68 Å². The van der Waals surface area contributed by atoms with Crippen molar-refractivity contribution in [1.29, 1.82) is 0 Å². The van der Waals surface area contributed by atoms with Crippen LogP contribution in [0.5, 0.6) is 5.75 Å². The van der Waals surface area contributed by atoms with Crippen molar-refractivity contribution in [3.63, 3.8) is 0 Å². The summed E-state index contributed by atoms with van der Waals surface area (Å²) in [5.41, 5.74) is 1.79. The topological polar surface area (TPSA) is 69.6 Å². The van der Waals surface area contributed by atoms with Crippen molar-refractivity contribution in [3.05, 3.63) is 106 Å². The van der Waals surface area contributed by atoms with E-state index in [4.69, 9.17) is 14.1 Å². The minimum atomic E-state index is -0.280. The van der Waals surface area contributed by atoms with Gasteiger partial charge >= 0.3 is 0 Å². The highest BCUT2D eigenvalue weighted by atomic mass is 79.9. The number of benzene rings is 3. The third-order valence-electron chi connectivity index (χ3n) is 5.03.